The molecular weight excluding hydrogens is 192 g/mol. The van der Waals surface area contributed by atoms with Crippen LogP contribution >= 0.6 is 0 Å². The van der Waals surface area contributed by atoms with Crippen molar-refractivity contribution in [1.29, 1.82) is 0 Å². The number of nitrogens with zero attached hydrogens (tertiary/aromatic N) is 1. The standard InChI is InChI=1S/C9H18N2O2.C2H6/c1-8(9(2)13)11(6-7-12)5-4-10-3;1-2/h7-8,10H,4-6H2,1-3H3;1-2H3. The van der Waals surface area contributed by atoms with Crippen molar-refractivity contribution in [2.24, 2.45) is 0 Å². The summed E-state index contributed by atoms with van der Waals surface area (Å²) in [6.45, 7) is 9.19. The van der Waals surface area contributed by atoms with Gasteiger partial charge in [0.2, 0.25) is 0 Å². The lowest BCUT2D eigenvalue weighted by molar-refractivity contribution is -0.122. The molecular formula is C11H24N2O2. The molecule has 90 valence electrons. The number of hydrogen-bond donors (Lipinski definition) is 1. The zero-order chi connectivity index (χ0) is 12.3. The maximum atomic E-state index is 11.0. The zero-order valence-corrected chi connectivity index (χ0v) is 10.5. The highest BCUT2D eigenvalue weighted by molar-refractivity contribution is 5.81. The average Bonchev–Trinajstić information content (AvgIpc) is 2.26. The van der Waals surface area contributed by atoms with Gasteiger partial charge in [-0.25, -0.2) is 0 Å². The number of nitrogens with one attached hydrogen (secondary N) is 1. The van der Waals surface area contributed by atoms with Crippen molar-refractivity contribution >= 4 is 12.1 Å². The number of aldehydes is 1. The average molecular weight is 216 g/mol. The SMILES string of the molecule is CC.CNCCN(CC=O)C(C)C(C)=O. The van der Waals surface area contributed by atoms with E-state index in [0.717, 1.165) is 19.4 Å². The van der Waals surface area contributed by atoms with E-state index >= 15 is 0 Å². The number of carbonyl (C=O) groups is 2. The van der Waals surface area contributed by atoms with Crippen molar-refractivity contribution in [3.05, 3.63) is 0 Å². The summed E-state index contributed by atoms with van der Waals surface area (Å²) in [7, 11) is 1.84. The first-order valence-electron chi connectivity index (χ1n) is 5.46. The molecule has 0 saturated carbocycles. The minimum absolute atomic E-state index is 0.0953. The van der Waals surface area contributed by atoms with E-state index in [0.29, 0.717) is 6.54 Å². The van der Waals surface area contributed by atoms with Crippen LogP contribution in [-0.4, -0.2) is 49.7 Å². The molecule has 0 heterocycles. The van der Waals surface area contributed by atoms with Crippen LogP contribution in [0, 0.1) is 0 Å². The van der Waals surface area contributed by atoms with Gasteiger partial charge in [-0.1, -0.05) is 13.8 Å². The molecule has 1 N–H and O–H groups in total. The van der Waals surface area contributed by atoms with Crippen molar-refractivity contribution < 1.29 is 9.59 Å². The Morgan fingerprint density at radius 2 is 2.00 bits per heavy atom. The molecule has 0 aromatic rings. The topological polar surface area (TPSA) is 49.4 Å². The fraction of sp³-hybridized carbons (Fsp3) is 0.818. The zero-order valence-electron chi connectivity index (χ0n) is 10.5. The van der Waals surface area contributed by atoms with E-state index in [1.807, 2.05) is 32.7 Å². The molecule has 0 aliphatic rings. The van der Waals surface area contributed by atoms with E-state index in [2.05, 4.69) is 5.32 Å². The number of likely N-dealkylation sites (N-methyl/N-ethyl adjacent to an activating group) is 1. The molecule has 0 fully saturated rings. The summed E-state index contributed by atoms with van der Waals surface area (Å²) in [6.07, 6.45) is 0.828. The van der Waals surface area contributed by atoms with Crippen LogP contribution in [0.5, 0.6) is 0 Å². The van der Waals surface area contributed by atoms with E-state index in [-0.39, 0.29) is 11.8 Å². The van der Waals surface area contributed by atoms with Crippen LogP contribution in [0.15, 0.2) is 0 Å². The van der Waals surface area contributed by atoms with Gasteiger partial charge in [-0.05, 0) is 20.9 Å². The van der Waals surface area contributed by atoms with Crippen LogP contribution in [0.2, 0.25) is 0 Å². The van der Waals surface area contributed by atoms with Gasteiger partial charge < -0.3 is 10.1 Å². The molecule has 1 unspecified atom stereocenters. The molecule has 15 heavy (non-hydrogen) atoms. The summed E-state index contributed by atoms with van der Waals surface area (Å²) in [6, 6.07) is -0.168. The van der Waals surface area contributed by atoms with Gasteiger partial charge in [0, 0.05) is 13.1 Å². The Balaban J connectivity index is 0. The minimum Gasteiger partial charge on any atom is -0.318 e. The highest BCUT2D eigenvalue weighted by atomic mass is 16.1. The molecule has 0 aliphatic carbocycles. The molecule has 4 heteroatoms. The summed E-state index contributed by atoms with van der Waals surface area (Å²) < 4.78 is 0. The van der Waals surface area contributed by atoms with Gasteiger partial charge in [0.05, 0.1) is 12.6 Å². The molecule has 0 saturated heterocycles. The van der Waals surface area contributed by atoms with E-state index in [1.54, 1.807) is 6.92 Å². The lowest BCUT2D eigenvalue weighted by atomic mass is 10.2. The number of rotatable bonds is 7. The van der Waals surface area contributed by atoms with E-state index in [1.165, 1.54) is 0 Å². The predicted octanol–water partition coefficient (Wildman–Crippen LogP) is 0.710. The Morgan fingerprint density at radius 1 is 1.47 bits per heavy atom. The van der Waals surface area contributed by atoms with Gasteiger partial charge in [-0.2, -0.15) is 0 Å². The van der Waals surface area contributed by atoms with Crippen molar-refractivity contribution in [1.82, 2.24) is 10.2 Å². The quantitative estimate of drug-likeness (QED) is 0.637. The first-order chi connectivity index (χ1) is 7.13. The molecule has 0 aromatic carbocycles. The third-order valence-corrected chi connectivity index (χ3v) is 2.09. The summed E-state index contributed by atoms with van der Waals surface area (Å²) in [5.41, 5.74) is 0. The number of ketones is 1. The van der Waals surface area contributed by atoms with Crippen LogP contribution < -0.4 is 5.32 Å². The molecule has 0 aromatic heterocycles. The highest BCUT2D eigenvalue weighted by Crippen LogP contribution is 1.97. The van der Waals surface area contributed by atoms with Gasteiger partial charge in [-0.15, -0.1) is 0 Å². The molecule has 0 aliphatic heterocycles. The van der Waals surface area contributed by atoms with E-state index < -0.39 is 0 Å². The normalized spacial score (nSPS) is 11.6. The largest absolute Gasteiger partial charge is 0.318 e. The lowest BCUT2D eigenvalue weighted by Crippen LogP contribution is -2.42. The fourth-order valence-corrected chi connectivity index (χ4v) is 1.05. The van der Waals surface area contributed by atoms with E-state index in [4.69, 9.17) is 0 Å². The smallest absolute Gasteiger partial charge is 0.146 e. The van der Waals surface area contributed by atoms with Crippen molar-refractivity contribution in [2.45, 2.75) is 33.7 Å². The second-order valence-corrected chi connectivity index (χ2v) is 3.05. The Labute approximate surface area is 93.0 Å². The Kier molecular flexibility index (Phi) is 12.6. The van der Waals surface area contributed by atoms with Crippen LogP contribution in [0.4, 0.5) is 0 Å². The van der Waals surface area contributed by atoms with Crippen LogP contribution in [-0.2, 0) is 9.59 Å². The fourth-order valence-electron chi connectivity index (χ4n) is 1.05. The Morgan fingerprint density at radius 3 is 2.33 bits per heavy atom. The Hall–Kier alpha value is -0.740. The Bertz CT molecular complexity index is 172. The number of hydrogen-bond acceptors (Lipinski definition) is 4. The number of Topliss-reactive ketones (excluding diaryl/α,β-unsaturated/α-hetero) is 1. The molecule has 1 atom stereocenters. The van der Waals surface area contributed by atoms with Gasteiger partial charge in [0.15, 0.2) is 0 Å². The molecule has 4 nitrogen and oxygen atoms in total. The van der Waals surface area contributed by atoms with Crippen LogP contribution in [0.1, 0.15) is 27.7 Å². The van der Waals surface area contributed by atoms with Gasteiger partial charge >= 0.3 is 0 Å². The summed E-state index contributed by atoms with van der Waals surface area (Å²) in [5.74, 6) is 0.0953. The molecule has 0 bridgehead atoms. The first-order valence-corrected chi connectivity index (χ1v) is 5.46. The first kappa shape index (κ1) is 16.7. The molecule has 0 radical (unpaired) electrons. The maximum absolute atomic E-state index is 11.0. The van der Waals surface area contributed by atoms with Crippen molar-refractivity contribution in [3.8, 4) is 0 Å². The van der Waals surface area contributed by atoms with Crippen LogP contribution in [0.3, 0.4) is 0 Å². The lowest BCUT2D eigenvalue weighted by Gasteiger charge is -2.24. The summed E-state index contributed by atoms with van der Waals surface area (Å²) >= 11 is 0. The minimum atomic E-state index is -0.168. The van der Waals surface area contributed by atoms with E-state index in [9.17, 15) is 9.59 Å². The third-order valence-electron chi connectivity index (χ3n) is 2.09. The summed E-state index contributed by atoms with van der Waals surface area (Å²) in [5, 5.41) is 2.98. The highest BCUT2D eigenvalue weighted by Gasteiger charge is 2.16. The number of carbonyl (C=O) groups excluding carboxylic acids is 2. The van der Waals surface area contributed by atoms with Crippen molar-refractivity contribution in [2.75, 3.05) is 26.7 Å². The third kappa shape index (κ3) is 8.27. The second-order valence-electron chi connectivity index (χ2n) is 3.05. The maximum Gasteiger partial charge on any atom is 0.146 e. The van der Waals surface area contributed by atoms with Crippen molar-refractivity contribution in [3.63, 3.8) is 0 Å². The molecule has 0 spiro atoms. The van der Waals surface area contributed by atoms with Gasteiger partial charge in [0.25, 0.3) is 0 Å². The summed E-state index contributed by atoms with van der Waals surface area (Å²) in [4.78, 5) is 23.2. The van der Waals surface area contributed by atoms with Gasteiger partial charge in [-0.3, -0.25) is 9.69 Å². The molecule has 0 rings (SSSR count). The van der Waals surface area contributed by atoms with Crippen LogP contribution in [0.25, 0.3) is 0 Å². The van der Waals surface area contributed by atoms with Gasteiger partial charge in [0.1, 0.15) is 12.1 Å². The monoisotopic (exact) mass is 216 g/mol. The predicted molar refractivity (Wildman–Crippen MR) is 63.1 cm³/mol. The second kappa shape index (κ2) is 11.3. The molecule has 0 amide bonds.